The van der Waals surface area contributed by atoms with Gasteiger partial charge in [0.15, 0.2) is 0 Å². The Morgan fingerprint density at radius 1 is 0.906 bits per heavy atom. The molecule has 3 aromatic heterocycles. The van der Waals surface area contributed by atoms with Crippen LogP contribution in [0.1, 0.15) is 78.7 Å². The number of likely N-dealkylation sites (tertiary alicyclic amines) is 1. The molecular weight excluding hydrogens is 685 g/mol. The molecule has 1 saturated carbocycles. The molecule has 3 fully saturated rings. The van der Waals surface area contributed by atoms with Gasteiger partial charge in [-0.3, -0.25) is 29.5 Å². The van der Waals surface area contributed by atoms with E-state index in [-0.39, 0.29) is 24.1 Å². The molecule has 2 N–H and O–H groups in total. The van der Waals surface area contributed by atoms with Crippen molar-refractivity contribution in [2.45, 2.75) is 63.1 Å². The zero-order chi connectivity index (χ0) is 36.7. The topological polar surface area (TPSA) is 125 Å². The Bertz CT molecular complexity index is 2190. The van der Waals surface area contributed by atoms with E-state index >= 15 is 0 Å². The summed E-state index contributed by atoms with van der Waals surface area (Å²) in [6, 6.07) is 14.7. The number of hydrogen-bond donors (Lipinski definition) is 2. The zero-order valence-electron chi connectivity index (χ0n) is 29.0. The van der Waals surface area contributed by atoms with Crippen molar-refractivity contribution in [1.29, 1.82) is 0 Å². The second kappa shape index (κ2) is 14.2. The lowest BCUT2D eigenvalue weighted by atomic mass is 9.84. The van der Waals surface area contributed by atoms with Crippen LogP contribution in [-0.2, 0) is 11.0 Å². The molecule has 2 saturated heterocycles. The Morgan fingerprint density at radius 3 is 2.47 bits per heavy atom. The molecule has 4 amide bonds. The van der Waals surface area contributed by atoms with Crippen LogP contribution in [0.2, 0.25) is 0 Å². The summed E-state index contributed by atoms with van der Waals surface area (Å²) in [5, 5.41) is 12.8. The number of nitrogens with one attached hydrogen (secondary N) is 2. The maximum Gasteiger partial charge on any atom is 0.433 e. The first kappa shape index (κ1) is 34.7. The first-order valence-electron chi connectivity index (χ1n) is 18.1. The molecule has 274 valence electrons. The summed E-state index contributed by atoms with van der Waals surface area (Å²) < 4.78 is 41.2. The van der Waals surface area contributed by atoms with Crippen LogP contribution < -0.4 is 15.5 Å². The number of amides is 4. The molecule has 3 aliphatic rings. The SMILES string of the molecule is O=C1CCN(c2cncc3c(C4CCN(CC5CCC(n6cc7cc(NC(=O)c8cccc(C(F)(F)F)n8)ccc7n6)CC5)CC4)cccc23)C(=O)N1. The average Bonchev–Trinajstić information content (AvgIpc) is 3.58. The van der Waals surface area contributed by atoms with Gasteiger partial charge in [-0.25, -0.2) is 9.78 Å². The first-order chi connectivity index (χ1) is 25.6. The van der Waals surface area contributed by atoms with Gasteiger partial charge in [0, 0.05) is 53.8 Å². The standard InChI is InChI=1S/C39H39F3N8O3/c40-39(41,42)35-6-2-5-33(45-35)37(52)44-27-9-12-32-26(19-27)23-50(47-32)28-10-7-24(8-11-28)22-48-16-13-25(14-17-48)29-3-1-4-30-31(29)20-43-21-34(30)49-18-15-36(51)46-38(49)53/h1-6,9,12,19-21,23-25,28H,7-8,10-11,13-18,22H2,(H,44,52)(H,46,51,53). The number of benzene rings is 2. The third kappa shape index (κ3) is 7.32. The highest BCUT2D eigenvalue weighted by molar-refractivity contribution is 6.10. The lowest BCUT2D eigenvalue weighted by Crippen LogP contribution is -2.49. The maximum absolute atomic E-state index is 13.1. The van der Waals surface area contributed by atoms with E-state index in [1.54, 1.807) is 29.3 Å². The highest BCUT2D eigenvalue weighted by atomic mass is 19.4. The number of fused-ring (bicyclic) bond motifs is 2. The Kier molecular flexibility index (Phi) is 9.31. The molecule has 5 aromatic rings. The van der Waals surface area contributed by atoms with Crippen LogP contribution in [-0.4, -0.2) is 68.7 Å². The van der Waals surface area contributed by atoms with E-state index in [1.165, 1.54) is 17.7 Å². The van der Waals surface area contributed by atoms with E-state index in [0.29, 0.717) is 24.1 Å². The molecule has 2 aliphatic heterocycles. The van der Waals surface area contributed by atoms with Crippen molar-refractivity contribution in [3.05, 3.63) is 90.1 Å². The minimum atomic E-state index is -4.63. The van der Waals surface area contributed by atoms with Gasteiger partial charge >= 0.3 is 12.2 Å². The normalized spacial score (nSPS) is 20.5. The van der Waals surface area contributed by atoms with Crippen LogP contribution in [0.15, 0.2) is 73.2 Å². The van der Waals surface area contributed by atoms with Gasteiger partial charge in [-0.15, -0.1) is 0 Å². The van der Waals surface area contributed by atoms with Crippen molar-refractivity contribution < 1.29 is 27.6 Å². The van der Waals surface area contributed by atoms with Gasteiger partial charge in [0.05, 0.1) is 23.4 Å². The fraction of sp³-hybridized carbons (Fsp3) is 0.385. The summed E-state index contributed by atoms with van der Waals surface area (Å²) in [6.07, 6.45) is 7.59. The van der Waals surface area contributed by atoms with Crippen LogP contribution in [0, 0.1) is 5.92 Å². The molecule has 14 heteroatoms. The lowest BCUT2D eigenvalue weighted by Gasteiger charge is -2.37. The van der Waals surface area contributed by atoms with E-state index in [2.05, 4.69) is 37.6 Å². The summed E-state index contributed by atoms with van der Waals surface area (Å²) in [7, 11) is 0. The number of anilines is 2. The molecule has 1 aliphatic carbocycles. The number of hydrogen-bond acceptors (Lipinski definition) is 7. The number of carbonyl (C=O) groups excluding carboxylic acids is 3. The predicted octanol–water partition coefficient (Wildman–Crippen LogP) is 7.31. The van der Waals surface area contributed by atoms with Crippen LogP contribution in [0.3, 0.4) is 0 Å². The van der Waals surface area contributed by atoms with Crippen molar-refractivity contribution >= 4 is 50.9 Å². The van der Waals surface area contributed by atoms with Gasteiger partial charge in [0.25, 0.3) is 5.91 Å². The fourth-order valence-electron chi connectivity index (χ4n) is 8.17. The number of imide groups is 1. The predicted molar refractivity (Wildman–Crippen MR) is 194 cm³/mol. The van der Waals surface area contributed by atoms with Gasteiger partial charge in [-0.2, -0.15) is 18.3 Å². The molecule has 8 rings (SSSR count). The number of pyridine rings is 2. The van der Waals surface area contributed by atoms with Gasteiger partial charge < -0.3 is 10.2 Å². The number of piperidine rings is 1. The quantitative estimate of drug-likeness (QED) is 0.180. The average molecular weight is 725 g/mol. The molecule has 0 atom stereocenters. The van der Waals surface area contributed by atoms with E-state index in [9.17, 15) is 27.6 Å². The Balaban J connectivity index is 0.845. The minimum absolute atomic E-state index is 0.256. The van der Waals surface area contributed by atoms with Crippen molar-refractivity contribution in [2.75, 3.05) is 36.4 Å². The summed E-state index contributed by atoms with van der Waals surface area (Å²) >= 11 is 0. The monoisotopic (exact) mass is 724 g/mol. The van der Waals surface area contributed by atoms with E-state index < -0.39 is 23.8 Å². The lowest BCUT2D eigenvalue weighted by molar-refractivity contribution is -0.141. The minimum Gasteiger partial charge on any atom is -0.321 e. The number of halogens is 3. The molecule has 5 heterocycles. The van der Waals surface area contributed by atoms with Gasteiger partial charge in [0.2, 0.25) is 5.91 Å². The largest absolute Gasteiger partial charge is 0.433 e. The third-order valence-corrected chi connectivity index (χ3v) is 10.9. The smallest absolute Gasteiger partial charge is 0.321 e. The summed E-state index contributed by atoms with van der Waals surface area (Å²) in [6.45, 7) is 3.47. The summed E-state index contributed by atoms with van der Waals surface area (Å²) in [4.78, 5) is 49.1. The van der Waals surface area contributed by atoms with E-state index in [4.69, 9.17) is 5.10 Å². The number of carbonyl (C=O) groups is 3. The van der Waals surface area contributed by atoms with E-state index in [1.807, 2.05) is 23.1 Å². The highest BCUT2D eigenvalue weighted by Crippen LogP contribution is 2.38. The molecular formula is C39H39F3N8O3. The molecule has 0 unspecified atom stereocenters. The van der Waals surface area contributed by atoms with Gasteiger partial charge in [-0.05, 0) is 99.3 Å². The number of rotatable bonds is 7. The second-order valence-corrected chi connectivity index (χ2v) is 14.3. The van der Waals surface area contributed by atoms with Gasteiger partial charge in [0.1, 0.15) is 11.4 Å². The van der Waals surface area contributed by atoms with Crippen molar-refractivity contribution in [1.82, 2.24) is 30.0 Å². The van der Waals surface area contributed by atoms with Crippen LogP contribution in [0.25, 0.3) is 21.7 Å². The Hall–Kier alpha value is -5.37. The second-order valence-electron chi connectivity index (χ2n) is 14.3. The molecule has 0 radical (unpaired) electrons. The van der Waals surface area contributed by atoms with Crippen molar-refractivity contribution in [2.24, 2.45) is 5.92 Å². The molecule has 2 aromatic carbocycles. The van der Waals surface area contributed by atoms with Gasteiger partial charge in [-0.1, -0.05) is 24.3 Å². The molecule has 11 nitrogen and oxygen atoms in total. The van der Waals surface area contributed by atoms with Crippen LogP contribution in [0.4, 0.5) is 29.3 Å². The van der Waals surface area contributed by atoms with Crippen LogP contribution >= 0.6 is 0 Å². The molecule has 0 bridgehead atoms. The maximum atomic E-state index is 13.1. The van der Waals surface area contributed by atoms with Crippen molar-refractivity contribution in [3.63, 3.8) is 0 Å². The Labute approximate surface area is 303 Å². The number of aromatic nitrogens is 4. The fourth-order valence-corrected chi connectivity index (χ4v) is 8.17. The zero-order valence-corrected chi connectivity index (χ0v) is 29.0. The number of alkyl halides is 3. The molecule has 0 spiro atoms. The van der Waals surface area contributed by atoms with Crippen LogP contribution in [0.5, 0.6) is 0 Å². The third-order valence-electron chi connectivity index (χ3n) is 10.9. The van der Waals surface area contributed by atoms with Crippen molar-refractivity contribution in [3.8, 4) is 0 Å². The first-order valence-corrected chi connectivity index (χ1v) is 18.1. The molecule has 53 heavy (non-hydrogen) atoms. The summed E-state index contributed by atoms with van der Waals surface area (Å²) in [5.74, 6) is 0.0506. The Morgan fingerprint density at radius 2 is 1.70 bits per heavy atom. The number of urea groups is 1. The number of nitrogens with zero attached hydrogens (tertiary/aromatic N) is 6. The highest BCUT2D eigenvalue weighted by Gasteiger charge is 2.33. The van der Waals surface area contributed by atoms with E-state index in [0.717, 1.165) is 91.6 Å². The summed E-state index contributed by atoms with van der Waals surface area (Å²) in [5.41, 5.74) is 1.82.